The average molecular weight is 305 g/mol. The molecule has 0 aliphatic heterocycles. The Balaban J connectivity index is 2.59. The first-order valence-electron chi connectivity index (χ1n) is 4.24. The molecule has 0 saturated carbocycles. The van der Waals surface area contributed by atoms with Gasteiger partial charge in [0.15, 0.2) is 0 Å². The number of hydrogen-bond donors (Lipinski definition) is 0. The molecule has 0 fully saturated rings. The van der Waals surface area contributed by atoms with E-state index in [1.54, 1.807) is 23.0 Å². The lowest BCUT2D eigenvalue weighted by Gasteiger charge is -1.99. The summed E-state index contributed by atoms with van der Waals surface area (Å²) < 4.78 is 2.50. The van der Waals surface area contributed by atoms with Crippen molar-refractivity contribution in [3.63, 3.8) is 0 Å². The van der Waals surface area contributed by atoms with E-state index in [1.165, 1.54) is 11.5 Å². The van der Waals surface area contributed by atoms with E-state index in [4.69, 9.17) is 11.6 Å². The lowest BCUT2D eigenvalue weighted by atomic mass is 10.3. The van der Waals surface area contributed by atoms with Crippen LogP contribution in [0.25, 0.3) is 5.69 Å². The molecule has 78 valence electrons. The number of hydrogen-bond acceptors (Lipinski definition) is 2. The molecule has 0 spiro atoms. The summed E-state index contributed by atoms with van der Waals surface area (Å²) in [5.41, 5.74) is 1.58. The standard InChI is InChI=1S/C10H7BrClNOS/c1-6-9(11)15-13(10(6)14)8-4-2-7(12)3-5-8/h2-5H,1H3. The lowest BCUT2D eigenvalue weighted by molar-refractivity contribution is 1.11. The highest BCUT2D eigenvalue weighted by molar-refractivity contribution is 9.11. The van der Waals surface area contributed by atoms with Gasteiger partial charge in [0.1, 0.15) is 0 Å². The molecule has 2 aromatic rings. The zero-order valence-corrected chi connectivity index (χ0v) is 11.0. The molecule has 0 radical (unpaired) electrons. The third-order valence-corrected chi connectivity index (χ3v) is 4.34. The van der Waals surface area contributed by atoms with Gasteiger partial charge in [0, 0.05) is 10.6 Å². The molecule has 0 aliphatic carbocycles. The Kier molecular flexibility index (Phi) is 3.00. The van der Waals surface area contributed by atoms with Crippen LogP contribution in [0, 0.1) is 6.92 Å². The van der Waals surface area contributed by atoms with Gasteiger partial charge in [-0.3, -0.25) is 4.79 Å². The van der Waals surface area contributed by atoms with Crippen LogP contribution >= 0.6 is 39.1 Å². The molecule has 2 nitrogen and oxygen atoms in total. The smallest absolute Gasteiger partial charge is 0.268 e. The van der Waals surface area contributed by atoms with Crippen molar-refractivity contribution in [2.75, 3.05) is 0 Å². The Hall–Kier alpha value is -0.580. The number of rotatable bonds is 1. The molecule has 0 unspecified atom stereocenters. The zero-order valence-electron chi connectivity index (χ0n) is 7.83. The molecular formula is C10H7BrClNOS. The summed E-state index contributed by atoms with van der Waals surface area (Å²) in [5, 5.41) is 0.666. The highest BCUT2D eigenvalue weighted by Crippen LogP contribution is 2.22. The molecule has 0 aliphatic rings. The van der Waals surface area contributed by atoms with Crippen molar-refractivity contribution in [1.29, 1.82) is 0 Å². The van der Waals surface area contributed by atoms with E-state index in [-0.39, 0.29) is 5.56 Å². The minimum absolute atomic E-state index is 0.00852. The molecule has 0 atom stereocenters. The van der Waals surface area contributed by atoms with Gasteiger partial charge in [-0.15, -0.1) is 0 Å². The minimum Gasteiger partial charge on any atom is -0.268 e. The second-order valence-electron chi connectivity index (χ2n) is 3.07. The van der Waals surface area contributed by atoms with Crippen molar-refractivity contribution < 1.29 is 0 Å². The van der Waals surface area contributed by atoms with Crippen molar-refractivity contribution >= 4 is 39.1 Å². The summed E-state index contributed by atoms with van der Waals surface area (Å²) in [6.07, 6.45) is 0. The second kappa shape index (κ2) is 4.12. The molecule has 0 amide bonds. The first-order chi connectivity index (χ1) is 7.09. The summed E-state index contributed by atoms with van der Waals surface area (Å²) >= 11 is 10.5. The van der Waals surface area contributed by atoms with Gasteiger partial charge in [-0.25, -0.2) is 3.96 Å². The van der Waals surface area contributed by atoms with Crippen molar-refractivity contribution in [2.45, 2.75) is 6.92 Å². The van der Waals surface area contributed by atoms with Gasteiger partial charge >= 0.3 is 0 Å². The zero-order chi connectivity index (χ0) is 11.0. The van der Waals surface area contributed by atoms with Gasteiger partial charge in [-0.05, 0) is 58.7 Å². The molecule has 1 aromatic heterocycles. The summed E-state index contributed by atoms with van der Waals surface area (Å²) in [4.78, 5) is 11.8. The Morgan fingerprint density at radius 2 is 1.93 bits per heavy atom. The topological polar surface area (TPSA) is 22.0 Å². The van der Waals surface area contributed by atoms with Crippen LogP contribution in [0.3, 0.4) is 0 Å². The Bertz CT molecular complexity index is 544. The van der Waals surface area contributed by atoms with Gasteiger partial charge in [0.2, 0.25) is 0 Å². The van der Waals surface area contributed by atoms with Gasteiger partial charge in [0.25, 0.3) is 5.56 Å². The highest BCUT2D eigenvalue weighted by atomic mass is 79.9. The van der Waals surface area contributed by atoms with E-state index in [1.807, 2.05) is 12.1 Å². The van der Waals surface area contributed by atoms with Crippen LogP contribution in [0.5, 0.6) is 0 Å². The molecule has 0 bridgehead atoms. The van der Waals surface area contributed by atoms with E-state index >= 15 is 0 Å². The summed E-state index contributed by atoms with van der Waals surface area (Å²) in [6, 6.07) is 7.19. The van der Waals surface area contributed by atoms with Crippen LogP contribution in [-0.4, -0.2) is 3.96 Å². The van der Waals surface area contributed by atoms with Crippen LogP contribution in [0.2, 0.25) is 5.02 Å². The number of aromatic nitrogens is 1. The average Bonchev–Trinajstić information content (AvgIpc) is 2.47. The van der Waals surface area contributed by atoms with Crippen LogP contribution in [0.1, 0.15) is 5.56 Å². The Morgan fingerprint density at radius 1 is 1.33 bits per heavy atom. The third kappa shape index (κ3) is 2.02. The molecule has 15 heavy (non-hydrogen) atoms. The quantitative estimate of drug-likeness (QED) is 0.788. The fraction of sp³-hybridized carbons (Fsp3) is 0.100. The van der Waals surface area contributed by atoms with Gasteiger partial charge in [0.05, 0.1) is 9.47 Å². The Morgan fingerprint density at radius 3 is 2.40 bits per heavy atom. The fourth-order valence-electron chi connectivity index (χ4n) is 1.17. The Labute approximate surface area is 104 Å². The summed E-state index contributed by atoms with van der Waals surface area (Å²) in [7, 11) is 0. The van der Waals surface area contributed by atoms with Crippen molar-refractivity contribution in [3.8, 4) is 5.69 Å². The third-order valence-electron chi connectivity index (χ3n) is 2.03. The van der Waals surface area contributed by atoms with E-state index in [0.717, 1.165) is 15.0 Å². The molecular weight excluding hydrogens is 298 g/mol. The largest absolute Gasteiger partial charge is 0.269 e. The number of benzene rings is 1. The maximum absolute atomic E-state index is 11.8. The number of nitrogens with zero attached hydrogens (tertiary/aromatic N) is 1. The first-order valence-corrected chi connectivity index (χ1v) is 6.18. The van der Waals surface area contributed by atoms with E-state index in [0.29, 0.717) is 5.02 Å². The van der Waals surface area contributed by atoms with Crippen LogP contribution in [0.4, 0.5) is 0 Å². The van der Waals surface area contributed by atoms with Gasteiger partial charge in [-0.2, -0.15) is 0 Å². The SMILES string of the molecule is Cc1c(Br)sn(-c2ccc(Cl)cc2)c1=O. The molecule has 1 aromatic carbocycles. The van der Waals surface area contributed by atoms with Gasteiger partial charge in [-0.1, -0.05) is 11.6 Å². The van der Waals surface area contributed by atoms with Gasteiger partial charge < -0.3 is 0 Å². The van der Waals surface area contributed by atoms with E-state index < -0.39 is 0 Å². The molecule has 0 saturated heterocycles. The summed E-state index contributed by atoms with van der Waals surface area (Å²) in [5.74, 6) is 0. The van der Waals surface area contributed by atoms with E-state index in [2.05, 4.69) is 15.9 Å². The summed E-state index contributed by atoms with van der Waals surface area (Å²) in [6.45, 7) is 1.80. The van der Waals surface area contributed by atoms with Crippen LogP contribution in [-0.2, 0) is 0 Å². The molecule has 1 heterocycles. The predicted octanol–water partition coefficient (Wildman–Crippen LogP) is 3.62. The second-order valence-corrected chi connectivity index (χ2v) is 5.78. The van der Waals surface area contributed by atoms with Crippen LogP contribution in [0.15, 0.2) is 32.8 Å². The maximum Gasteiger partial charge on any atom is 0.269 e. The monoisotopic (exact) mass is 303 g/mol. The minimum atomic E-state index is 0.00852. The molecule has 5 heteroatoms. The predicted molar refractivity (Wildman–Crippen MR) is 67.4 cm³/mol. The maximum atomic E-state index is 11.8. The normalized spacial score (nSPS) is 10.6. The highest BCUT2D eigenvalue weighted by Gasteiger charge is 2.09. The molecule has 0 N–H and O–H groups in total. The number of halogens is 2. The van der Waals surface area contributed by atoms with Crippen LogP contribution < -0.4 is 5.56 Å². The van der Waals surface area contributed by atoms with E-state index in [9.17, 15) is 4.79 Å². The lowest BCUT2D eigenvalue weighted by Crippen LogP contribution is -2.12. The van der Waals surface area contributed by atoms with Crippen molar-refractivity contribution in [1.82, 2.24) is 3.96 Å². The fourth-order valence-corrected chi connectivity index (χ4v) is 2.73. The molecule has 2 rings (SSSR count). The van der Waals surface area contributed by atoms with Crippen molar-refractivity contribution in [3.05, 3.63) is 49.0 Å². The first kappa shape index (κ1) is 10.9. The van der Waals surface area contributed by atoms with Crippen molar-refractivity contribution in [2.24, 2.45) is 0 Å².